The molecule has 226 valence electrons. The summed E-state index contributed by atoms with van der Waals surface area (Å²) in [6, 6.07) is 21.0. The van der Waals surface area contributed by atoms with Crippen LogP contribution >= 0.6 is 0 Å². The van der Waals surface area contributed by atoms with Crippen LogP contribution in [0.1, 0.15) is 70.3 Å². The third-order valence-corrected chi connectivity index (χ3v) is 6.97. The largest absolute Gasteiger partial charge is 0.494 e. The average molecular weight is 575 g/mol. The summed E-state index contributed by atoms with van der Waals surface area (Å²) in [7, 11) is 4.02. The fourth-order valence-electron chi connectivity index (χ4n) is 4.51. The lowest BCUT2D eigenvalue weighted by Crippen LogP contribution is -2.38. The predicted molar refractivity (Wildman–Crippen MR) is 171 cm³/mol. The summed E-state index contributed by atoms with van der Waals surface area (Å²) < 4.78 is 11.4. The van der Waals surface area contributed by atoms with E-state index in [0.29, 0.717) is 18.8 Å². The van der Waals surface area contributed by atoms with Gasteiger partial charge in [0.05, 0.1) is 23.7 Å². The van der Waals surface area contributed by atoms with Crippen molar-refractivity contribution in [2.75, 3.05) is 30.7 Å². The smallest absolute Gasteiger partial charge is 0.311 e. The molecule has 0 amide bonds. The molecule has 0 atom stereocenters. The van der Waals surface area contributed by atoms with Gasteiger partial charge in [-0.15, -0.1) is 0 Å². The SMILES string of the molecule is CCc1cc(OC(=O)CCCCCCCCCCOc2ccc(N=Nc3ccc(N(C)C)cc3)cc2)ccc1N(N)N. The molecular weight excluding hydrogens is 528 g/mol. The van der Waals surface area contributed by atoms with Gasteiger partial charge in [0.25, 0.3) is 0 Å². The number of carbonyl (C=O) groups excluding carboxylic acids is 1. The number of nitrogens with two attached hydrogens (primary N) is 2. The Morgan fingerprint density at radius 2 is 1.29 bits per heavy atom. The predicted octanol–water partition coefficient (Wildman–Crippen LogP) is 7.78. The first-order valence-electron chi connectivity index (χ1n) is 14.9. The van der Waals surface area contributed by atoms with Crippen molar-refractivity contribution in [1.29, 1.82) is 0 Å². The third-order valence-electron chi connectivity index (χ3n) is 6.97. The summed E-state index contributed by atoms with van der Waals surface area (Å²) in [6.45, 7) is 2.71. The van der Waals surface area contributed by atoms with Crippen LogP contribution in [0.5, 0.6) is 11.5 Å². The quantitative estimate of drug-likeness (QED) is 0.0397. The van der Waals surface area contributed by atoms with Crippen molar-refractivity contribution in [2.24, 2.45) is 21.9 Å². The monoisotopic (exact) mass is 574 g/mol. The molecule has 9 heteroatoms. The second-order valence-corrected chi connectivity index (χ2v) is 10.6. The highest BCUT2D eigenvalue weighted by Gasteiger charge is 2.09. The van der Waals surface area contributed by atoms with Gasteiger partial charge < -0.3 is 14.4 Å². The van der Waals surface area contributed by atoms with Crippen LogP contribution < -0.4 is 31.2 Å². The van der Waals surface area contributed by atoms with E-state index < -0.39 is 0 Å². The zero-order chi connectivity index (χ0) is 30.2. The Kier molecular flexibility index (Phi) is 13.8. The van der Waals surface area contributed by atoms with Crippen LogP contribution in [-0.4, -0.2) is 26.7 Å². The molecule has 4 N–H and O–H groups in total. The summed E-state index contributed by atoms with van der Waals surface area (Å²) in [4.78, 5) is 14.2. The Bertz CT molecular complexity index is 1240. The van der Waals surface area contributed by atoms with Crippen molar-refractivity contribution >= 4 is 28.7 Å². The molecule has 3 aromatic rings. The molecule has 0 aromatic heterocycles. The van der Waals surface area contributed by atoms with Gasteiger partial charge in [0.1, 0.15) is 11.5 Å². The van der Waals surface area contributed by atoms with Crippen LogP contribution in [0.2, 0.25) is 0 Å². The van der Waals surface area contributed by atoms with Gasteiger partial charge in [0.15, 0.2) is 0 Å². The van der Waals surface area contributed by atoms with Crippen molar-refractivity contribution in [3.05, 3.63) is 72.3 Å². The fraction of sp³-hybridized carbons (Fsp3) is 0.424. The van der Waals surface area contributed by atoms with E-state index in [1.54, 1.807) is 12.1 Å². The molecule has 0 radical (unpaired) electrons. The molecule has 42 heavy (non-hydrogen) atoms. The minimum absolute atomic E-state index is 0.202. The fourth-order valence-corrected chi connectivity index (χ4v) is 4.51. The number of anilines is 2. The molecule has 3 rings (SSSR count). The van der Waals surface area contributed by atoms with E-state index >= 15 is 0 Å². The number of hydrogen-bond acceptors (Lipinski definition) is 9. The summed E-state index contributed by atoms with van der Waals surface area (Å²) in [5.74, 6) is 12.5. The number of nitrogens with zero attached hydrogens (tertiary/aromatic N) is 4. The summed E-state index contributed by atoms with van der Waals surface area (Å²) in [6.07, 6.45) is 9.94. The molecule has 0 aliphatic heterocycles. The minimum atomic E-state index is -0.202. The first-order chi connectivity index (χ1) is 20.4. The van der Waals surface area contributed by atoms with Gasteiger partial charge in [0.2, 0.25) is 0 Å². The van der Waals surface area contributed by atoms with Gasteiger partial charge in [-0.1, -0.05) is 45.4 Å². The maximum absolute atomic E-state index is 12.2. The highest BCUT2D eigenvalue weighted by molar-refractivity contribution is 5.72. The first-order valence-corrected chi connectivity index (χ1v) is 14.9. The lowest BCUT2D eigenvalue weighted by molar-refractivity contribution is -0.134. The zero-order valence-electron chi connectivity index (χ0n) is 25.3. The number of hydrogen-bond donors (Lipinski definition) is 2. The van der Waals surface area contributed by atoms with Crippen LogP contribution in [0.3, 0.4) is 0 Å². The van der Waals surface area contributed by atoms with Crippen LogP contribution in [0.25, 0.3) is 0 Å². The lowest BCUT2D eigenvalue weighted by atomic mass is 10.1. The molecule has 0 heterocycles. The number of ether oxygens (including phenoxy) is 2. The summed E-state index contributed by atoms with van der Waals surface area (Å²) >= 11 is 0. The maximum atomic E-state index is 12.2. The van der Waals surface area contributed by atoms with E-state index in [1.165, 1.54) is 19.3 Å². The average Bonchev–Trinajstić information content (AvgIpc) is 2.99. The second kappa shape index (κ2) is 17.8. The molecule has 9 nitrogen and oxygen atoms in total. The third kappa shape index (κ3) is 11.5. The summed E-state index contributed by atoms with van der Waals surface area (Å²) in [5.41, 5.74) is 4.40. The van der Waals surface area contributed by atoms with E-state index in [-0.39, 0.29) is 5.97 Å². The van der Waals surface area contributed by atoms with Gasteiger partial charge in [-0.3, -0.25) is 4.79 Å². The minimum Gasteiger partial charge on any atom is -0.494 e. The van der Waals surface area contributed by atoms with Crippen molar-refractivity contribution in [3.8, 4) is 11.5 Å². The number of unbranched alkanes of at least 4 members (excludes halogenated alkanes) is 7. The van der Waals surface area contributed by atoms with E-state index in [9.17, 15) is 4.79 Å². The number of rotatable bonds is 18. The molecule has 0 saturated carbocycles. The molecule has 0 spiro atoms. The number of aryl methyl sites for hydroxylation is 1. The molecule has 0 fully saturated rings. The number of hydrazine groups is 2. The number of benzene rings is 3. The molecular formula is C33H46N6O3. The molecule has 0 aliphatic rings. The van der Waals surface area contributed by atoms with E-state index in [2.05, 4.69) is 15.1 Å². The highest BCUT2D eigenvalue weighted by Crippen LogP contribution is 2.25. The van der Waals surface area contributed by atoms with Crippen LogP contribution in [-0.2, 0) is 11.2 Å². The Hall–Kier alpha value is -3.95. The Labute approximate surface area is 250 Å². The van der Waals surface area contributed by atoms with Crippen LogP contribution in [0.15, 0.2) is 77.0 Å². The Balaban J connectivity index is 1.19. The van der Waals surface area contributed by atoms with Crippen molar-refractivity contribution < 1.29 is 14.3 Å². The second-order valence-electron chi connectivity index (χ2n) is 10.6. The molecule has 0 aliphatic carbocycles. The Morgan fingerprint density at radius 3 is 1.86 bits per heavy atom. The van der Waals surface area contributed by atoms with E-state index in [0.717, 1.165) is 77.7 Å². The molecule has 3 aromatic carbocycles. The number of carbonyl (C=O) groups is 1. The van der Waals surface area contributed by atoms with Crippen molar-refractivity contribution in [2.45, 2.75) is 71.1 Å². The van der Waals surface area contributed by atoms with Crippen LogP contribution in [0, 0.1) is 0 Å². The number of esters is 1. The highest BCUT2D eigenvalue weighted by atomic mass is 16.5. The van der Waals surface area contributed by atoms with Crippen molar-refractivity contribution in [1.82, 2.24) is 0 Å². The number of azo groups is 1. The zero-order valence-corrected chi connectivity index (χ0v) is 25.3. The van der Waals surface area contributed by atoms with Gasteiger partial charge in [-0.25, -0.2) is 16.8 Å². The molecule has 0 bridgehead atoms. The van der Waals surface area contributed by atoms with Crippen LogP contribution in [0.4, 0.5) is 22.7 Å². The maximum Gasteiger partial charge on any atom is 0.311 e. The van der Waals surface area contributed by atoms with Gasteiger partial charge in [-0.2, -0.15) is 10.2 Å². The van der Waals surface area contributed by atoms with Gasteiger partial charge in [0, 0.05) is 26.2 Å². The summed E-state index contributed by atoms with van der Waals surface area (Å²) in [5, 5.41) is 9.70. The standard InChI is InChI=1S/C33H46N6O3/c1-4-26-25-31(22-23-32(26)39(34)35)42-33(40)13-11-9-7-5-6-8-10-12-24-41-30-20-16-28(17-21-30)37-36-27-14-18-29(19-15-27)38(2)3/h14-23,25H,4-13,24,34-35H2,1-3H3. The van der Waals surface area contributed by atoms with E-state index in [4.69, 9.17) is 21.2 Å². The first kappa shape index (κ1) is 32.6. The lowest BCUT2D eigenvalue weighted by Gasteiger charge is -2.16. The molecule has 0 saturated heterocycles. The van der Waals surface area contributed by atoms with Gasteiger partial charge in [-0.05, 0) is 91.6 Å². The topological polar surface area (TPSA) is 119 Å². The Morgan fingerprint density at radius 1 is 0.738 bits per heavy atom. The normalized spacial score (nSPS) is 11.1. The molecule has 0 unspecified atom stereocenters. The van der Waals surface area contributed by atoms with Gasteiger partial charge >= 0.3 is 5.97 Å². The van der Waals surface area contributed by atoms with Crippen molar-refractivity contribution in [3.63, 3.8) is 0 Å². The van der Waals surface area contributed by atoms with E-state index in [1.807, 2.05) is 75.6 Å².